The van der Waals surface area contributed by atoms with E-state index >= 15 is 0 Å². The number of thiophene rings is 1. The highest BCUT2D eigenvalue weighted by Gasteiger charge is 2.39. The van der Waals surface area contributed by atoms with Crippen LogP contribution < -0.4 is 5.32 Å². The summed E-state index contributed by atoms with van der Waals surface area (Å²) in [6.45, 7) is 2.06. The quantitative estimate of drug-likeness (QED) is 0.879. The molecule has 2 heterocycles. The maximum absolute atomic E-state index is 6.11. The fourth-order valence-corrected chi connectivity index (χ4v) is 4.27. The van der Waals surface area contributed by atoms with E-state index in [4.69, 9.17) is 11.6 Å². The third-order valence-electron chi connectivity index (χ3n) is 3.51. The molecule has 0 aliphatic carbocycles. The molecule has 1 aliphatic rings. The normalized spacial score (nSPS) is 17.4. The molecule has 3 rings (SSSR count). The van der Waals surface area contributed by atoms with E-state index in [9.17, 15) is 0 Å². The third-order valence-corrected chi connectivity index (χ3v) is 5.36. The summed E-state index contributed by atoms with van der Waals surface area (Å²) in [5, 5.41) is 4.22. The van der Waals surface area contributed by atoms with Crippen LogP contribution in [0.5, 0.6) is 0 Å². The third kappa shape index (κ3) is 2.37. The van der Waals surface area contributed by atoms with E-state index in [1.54, 1.807) is 0 Å². The average Bonchev–Trinajstić information content (AvgIpc) is 2.69. The van der Waals surface area contributed by atoms with Crippen LogP contribution in [0.1, 0.15) is 10.4 Å². The van der Waals surface area contributed by atoms with Crippen LogP contribution in [0.25, 0.3) is 0 Å². The van der Waals surface area contributed by atoms with Crippen molar-refractivity contribution in [2.24, 2.45) is 0 Å². The van der Waals surface area contributed by atoms with Gasteiger partial charge in [0.2, 0.25) is 0 Å². The maximum Gasteiger partial charge on any atom is 0.0701 e. The summed E-state index contributed by atoms with van der Waals surface area (Å²) >= 11 is 11.5. The van der Waals surface area contributed by atoms with Crippen LogP contribution >= 0.6 is 38.9 Å². The van der Waals surface area contributed by atoms with Crippen molar-refractivity contribution in [1.82, 2.24) is 5.32 Å². The van der Waals surface area contributed by atoms with Crippen molar-refractivity contribution >= 4 is 38.9 Å². The van der Waals surface area contributed by atoms with Crippen molar-refractivity contribution < 1.29 is 0 Å². The lowest BCUT2D eigenvalue weighted by molar-refractivity contribution is 0.276. The molecule has 4 heteroatoms. The van der Waals surface area contributed by atoms with E-state index < -0.39 is 0 Å². The standard InChI is InChI=1S/C14H13BrClNS/c15-13-5-4-12(18-13)7-14(8-17-9-14)10-2-1-3-11(16)6-10/h1-6,17H,7-9H2. The molecule has 1 aromatic heterocycles. The van der Waals surface area contributed by atoms with Crippen molar-refractivity contribution in [3.8, 4) is 0 Å². The highest BCUT2D eigenvalue weighted by molar-refractivity contribution is 9.11. The van der Waals surface area contributed by atoms with Crippen molar-refractivity contribution in [1.29, 1.82) is 0 Å². The lowest BCUT2D eigenvalue weighted by Crippen LogP contribution is -2.58. The zero-order chi connectivity index (χ0) is 12.6. The lowest BCUT2D eigenvalue weighted by Gasteiger charge is -2.43. The van der Waals surface area contributed by atoms with Gasteiger partial charge in [-0.25, -0.2) is 0 Å². The van der Waals surface area contributed by atoms with E-state index in [0.717, 1.165) is 24.5 Å². The van der Waals surface area contributed by atoms with E-state index in [1.165, 1.54) is 14.2 Å². The molecule has 0 atom stereocenters. The minimum absolute atomic E-state index is 0.217. The van der Waals surface area contributed by atoms with Crippen LogP contribution in [-0.4, -0.2) is 13.1 Å². The molecule has 0 saturated carbocycles. The van der Waals surface area contributed by atoms with Gasteiger partial charge in [-0.2, -0.15) is 0 Å². The van der Waals surface area contributed by atoms with Gasteiger partial charge in [0.05, 0.1) is 3.79 Å². The first-order valence-corrected chi connectivity index (χ1v) is 7.88. The Morgan fingerprint density at radius 1 is 1.28 bits per heavy atom. The number of nitrogens with one attached hydrogen (secondary N) is 1. The first-order valence-electron chi connectivity index (χ1n) is 5.89. The van der Waals surface area contributed by atoms with Crippen molar-refractivity contribution in [2.75, 3.05) is 13.1 Å². The largest absolute Gasteiger partial charge is 0.315 e. The molecule has 18 heavy (non-hydrogen) atoms. The first-order chi connectivity index (χ1) is 8.68. The Labute approximate surface area is 124 Å². The van der Waals surface area contributed by atoms with Gasteiger partial charge in [0.15, 0.2) is 0 Å². The van der Waals surface area contributed by atoms with Crippen molar-refractivity contribution in [3.63, 3.8) is 0 Å². The molecule has 0 spiro atoms. The molecule has 2 aromatic rings. The van der Waals surface area contributed by atoms with Gasteiger partial charge in [0.25, 0.3) is 0 Å². The molecule has 1 nitrogen and oxygen atoms in total. The molecule has 1 aliphatic heterocycles. The summed E-state index contributed by atoms with van der Waals surface area (Å²) < 4.78 is 1.20. The van der Waals surface area contributed by atoms with Crippen LogP contribution in [0.4, 0.5) is 0 Å². The van der Waals surface area contributed by atoms with Crippen LogP contribution in [0.2, 0.25) is 5.02 Å². The van der Waals surface area contributed by atoms with E-state index in [1.807, 2.05) is 23.5 Å². The SMILES string of the molecule is Clc1cccc(C2(Cc3ccc(Br)s3)CNC2)c1. The molecule has 0 amide bonds. The topological polar surface area (TPSA) is 12.0 Å². The Bertz CT molecular complexity index is 562. The van der Waals surface area contributed by atoms with Gasteiger partial charge in [0.1, 0.15) is 0 Å². The second-order valence-corrected chi connectivity index (χ2v) is 7.76. The zero-order valence-corrected chi connectivity index (χ0v) is 12.9. The monoisotopic (exact) mass is 341 g/mol. The number of halogens is 2. The lowest BCUT2D eigenvalue weighted by atomic mass is 9.72. The van der Waals surface area contributed by atoms with E-state index in [-0.39, 0.29) is 5.41 Å². The summed E-state index contributed by atoms with van der Waals surface area (Å²) in [6, 6.07) is 12.6. The molecule has 0 bridgehead atoms. The summed E-state index contributed by atoms with van der Waals surface area (Å²) in [4.78, 5) is 1.42. The Kier molecular flexibility index (Phi) is 3.50. The molecule has 0 unspecified atom stereocenters. The Morgan fingerprint density at radius 3 is 2.67 bits per heavy atom. The molecular weight excluding hydrogens is 330 g/mol. The highest BCUT2D eigenvalue weighted by atomic mass is 79.9. The smallest absolute Gasteiger partial charge is 0.0701 e. The Balaban J connectivity index is 1.90. The summed E-state index contributed by atoms with van der Waals surface area (Å²) in [5.74, 6) is 0. The summed E-state index contributed by atoms with van der Waals surface area (Å²) in [6.07, 6.45) is 1.08. The van der Waals surface area contributed by atoms with Crippen molar-refractivity contribution in [3.05, 3.63) is 55.6 Å². The van der Waals surface area contributed by atoms with Gasteiger partial charge >= 0.3 is 0 Å². The van der Waals surface area contributed by atoms with E-state index in [2.05, 4.69) is 45.5 Å². The summed E-state index contributed by atoms with van der Waals surface area (Å²) in [7, 11) is 0. The number of rotatable bonds is 3. The van der Waals surface area contributed by atoms with Crippen LogP contribution in [0.3, 0.4) is 0 Å². The maximum atomic E-state index is 6.11. The minimum atomic E-state index is 0.217. The summed E-state index contributed by atoms with van der Waals surface area (Å²) in [5.41, 5.74) is 1.56. The minimum Gasteiger partial charge on any atom is -0.315 e. The molecule has 1 saturated heterocycles. The van der Waals surface area contributed by atoms with Crippen LogP contribution in [0, 0.1) is 0 Å². The second-order valence-electron chi connectivity index (χ2n) is 4.78. The fraction of sp³-hybridized carbons (Fsp3) is 0.286. The van der Waals surface area contributed by atoms with Gasteiger partial charge < -0.3 is 5.32 Å². The zero-order valence-electron chi connectivity index (χ0n) is 9.75. The van der Waals surface area contributed by atoms with Gasteiger partial charge in [0, 0.05) is 28.4 Å². The predicted octanol–water partition coefficient (Wildman–Crippen LogP) is 4.25. The Morgan fingerprint density at radius 2 is 2.11 bits per heavy atom. The fourth-order valence-electron chi connectivity index (χ4n) is 2.46. The van der Waals surface area contributed by atoms with Gasteiger partial charge in [-0.15, -0.1) is 11.3 Å². The second kappa shape index (κ2) is 4.97. The van der Waals surface area contributed by atoms with Gasteiger partial charge in [-0.3, -0.25) is 0 Å². The average molecular weight is 343 g/mol. The van der Waals surface area contributed by atoms with Crippen molar-refractivity contribution in [2.45, 2.75) is 11.8 Å². The van der Waals surface area contributed by atoms with Crippen LogP contribution in [0.15, 0.2) is 40.2 Å². The number of benzene rings is 1. The predicted molar refractivity (Wildman–Crippen MR) is 81.7 cm³/mol. The molecule has 1 aromatic carbocycles. The molecule has 1 fully saturated rings. The van der Waals surface area contributed by atoms with Gasteiger partial charge in [-0.05, 0) is 52.2 Å². The number of hydrogen-bond acceptors (Lipinski definition) is 2. The molecule has 0 radical (unpaired) electrons. The molecule has 94 valence electrons. The molecule has 1 N–H and O–H groups in total. The van der Waals surface area contributed by atoms with Crippen LogP contribution in [-0.2, 0) is 11.8 Å². The first kappa shape index (κ1) is 12.7. The highest BCUT2D eigenvalue weighted by Crippen LogP contribution is 2.36. The molecular formula is C14H13BrClNS. The van der Waals surface area contributed by atoms with Gasteiger partial charge in [-0.1, -0.05) is 23.7 Å². The Hall–Kier alpha value is -0.350. The van der Waals surface area contributed by atoms with E-state index in [0.29, 0.717) is 0 Å². The number of hydrogen-bond donors (Lipinski definition) is 1.